The second kappa shape index (κ2) is 7.71. The van der Waals surface area contributed by atoms with E-state index in [0.29, 0.717) is 0 Å². The fourth-order valence-corrected chi connectivity index (χ4v) is 3.81. The molecule has 0 fully saturated rings. The van der Waals surface area contributed by atoms with E-state index in [9.17, 15) is 4.79 Å². The van der Waals surface area contributed by atoms with Gasteiger partial charge in [-0.25, -0.2) is 0 Å². The zero-order valence-electron chi connectivity index (χ0n) is 14.1. The molecule has 5 heteroatoms. The van der Waals surface area contributed by atoms with E-state index in [0.717, 1.165) is 52.5 Å². The van der Waals surface area contributed by atoms with E-state index in [-0.39, 0.29) is 18.7 Å². The lowest BCUT2D eigenvalue weighted by molar-refractivity contribution is 0.0936. The molecule has 0 radical (unpaired) electrons. The van der Waals surface area contributed by atoms with Crippen LogP contribution in [0.1, 0.15) is 49.2 Å². The van der Waals surface area contributed by atoms with Gasteiger partial charge < -0.3 is 14.8 Å². The maximum absolute atomic E-state index is 12.5. The van der Waals surface area contributed by atoms with Gasteiger partial charge >= 0.3 is 0 Å². The van der Waals surface area contributed by atoms with Crippen LogP contribution in [0, 0.1) is 0 Å². The Morgan fingerprint density at radius 2 is 1.88 bits per heavy atom. The first-order valence-electron chi connectivity index (χ1n) is 8.52. The van der Waals surface area contributed by atoms with Gasteiger partial charge in [0.25, 0.3) is 5.91 Å². The first kappa shape index (κ1) is 16.8. The highest BCUT2D eigenvalue weighted by molar-refractivity contribution is 7.17. The summed E-state index contributed by atoms with van der Waals surface area (Å²) in [5.74, 6) is 1.56. The maximum atomic E-state index is 12.5. The highest BCUT2D eigenvalue weighted by Crippen LogP contribution is 2.37. The zero-order valence-corrected chi connectivity index (χ0v) is 14.9. The SMILES string of the molecule is CCCC(CCC)NC(=O)c1ccc(-c2ccc3c(c2)OCO3)s1. The predicted octanol–water partition coefficient (Wildman–Crippen LogP) is 4.84. The normalized spacial score (nSPS) is 12.6. The Bertz CT molecular complexity index is 704. The molecule has 0 spiro atoms. The van der Waals surface area contributed by atoms with Crippen molar-refractivity contribution < 1.29 is 14.3 Å². The molecule has 1 aromatic heterocycles. The fraction of sp³-hybridized carbons (Fsp3) is 0.421. The van der Waals surface area contributed by atoms with E-state index in [1.54, 1.807) is 0 Å². The van der Waals surface area contributed by atoms with Crippen LogP contribution < -0.4 is 14.8 Å². The molecule has 24 heavy (non-hydrogen) atoms. The minimum atomic E-state index is 0.0268. The number of thiophene rings is 1. The molecule has 0 saturated heterocycles. The van der Waals surface area contributed by atoms with E-state index in [4.69, 9.17) is 9.47 Å². The number of nitrogens with one attached hydrogen (secondary N) is 1. The van der Waals surface area contributed by atoms with Crippen molar-refractivity contribution in [3.8, 4) is 21.9 Å². The van der Waals surface area contributed by atoms with Crippen LogP contribution in [0.2, 0.25) is 0 Å². The van der Waals surface area contributed by atoms with E-state index in [2.05, 4.69) is 19.2 Å². The second-order valence-electron chi connectivity index (χ2n) is 5.98. The van der Waals surface area contributed by atoms with Crippen molar-refractivity contribution in [3.63, 3.8) is 0 Å². The summed E-state index contributed by atoms with van der Waals surface area (Å²) in [4.78, 5) is 14.3. The van der Waals surface area contributed by atoms with Gasteiger partial charge in [-0.3, -0.25) is 4.79 Å². The third-order valence-corrected chi connectivity index (χ3v) is 5.23. The molecule has 128 valence electrons. The third kappa shape index (κ3) is 3.73. The molecule has 2 heterocycles. The molecular weight excluding hydrogens is 322 g/mol. The Morgan fingerprint density at radius 3 is 2.62 bits per heavy atom. The van der Waals surface area contributed by atoms with Crippen LogP contribution in [-0.4, -0.2) is 18.7 Å². The monoisotopic (exact) mass is 345 g/mol. The molecule has 1 amide bonds. The summed E-state index contributed by atoms with van der Waals surface area (Å²) in [7, 11) is 0. The molecule has 4 nitrogen and oxygen atoms in total. The third-order valence-electron chi connectivity index (χ3n) is 4.10. The van der Waals surface area contributed by atoms with E-state index < -0.39 is 0 Å². The Kier molecular flexibility index (Phi) is 5.41. The number of amides is 1. The lowest BCUT2D eigenvalue weighted by Crippen LogP contribution is -2.34. The number of ether oxygens (including phenoxy) is 2. The molecule has 0 saturated carbocycles. The van der Waals surface area contributed by atoms with Crippen molar-refractivity contribution in [2.75, 3.05) is 6.79 Å². The first-order valence-corrected chi connectivity index (χ1v) is 9.33. The summed E-state index contributed by atoms with van der Waals surface area (Å²) >= 11 is 1.51. The van der Waals surface area contributed by atoms with Gasteiger partial charge in [0, 0.05) is 10.9 Å². The number of hydrogen-bond acceptors (Lipinski definition) is 4. The predicted molar refractivity (Wildman–Crippen MR) is 96.9 cm³/mol. The summed E-state index contributed by atoms with van der Waals surface area (Å²) in [5.41, 5.74) is 1.04. The lowest BCUT2D eigenvalue weighted by atomic mass is 10.1. The summed E-state index contributed by atoms with van der Waals surface area (Å²) < 4.78 is 10.8. The first-order chi connectivity index (χ1) is 11.7. The van der Waals surface area contributed by atoms with Gasteiger partial charge in [0.15, 0.2) is 11.5 Å². The van der Waals surface area contributed by atoms with Crippen LogP contribution in [-0.2, 0) is 0 Å². The Balaban J connectivity index is 1.71. The topological polar surface area (TPSA) is 47.6 Å². The van der Waals surface area contributed by atoms with Crippen LogP contribution in [0.15, 0.2) is 30.3 Å². The molecule has 1 aromatic carbocycles. The van der Waals surface area contributed by atoms with Crippen LogP contribution >= 0.6 is 11.3 Å². The van der Waals surface area contributed by atoms with Gasteiger partial charge in [0.2, 0.25) is 6.79 Å². The number of carbonyl (C=O) groups excluding carboxylic acids is 1. The number of fused-ring (bicyclic) bond motifs is 1. The highest BCUT2D eigenvalue weighted by atomic mass is 32.1. The van der Waals surface area contributed by atoms with Crippen LogP contribution in [0.4, 0.5) is 0 Å². The summed E-state index contributed by atoms with van der Waals surface area (Å²) in [6, 6.07) is 10.0. The van der Waals surface area contributed by atoms with E-state index in [1.165, 1.54) is 11.3 Å². The molecule has 1 aliphatic rings. The van der Waals surface area contributed by atoms with Gasteiger partial charge in [-0.05, 0) is 48.7 Å². The van der Waals surface area contributed by atoms with Crippen LogP contribution in [0.25, 0.3) is 10.4 Å². The minimum Gasteiger partial charge on any atom is -0.454 e. The summed E-state index contributed by atoms with van der Waals surface area (Å²) in [6.45, 7) is 4.57. The van der Waals surface area contributed by atoms with Crippen molar-refractivity contribution in [3.05, 3.63) is 35.2 Å². The standard InChI is InChI=1S/C19H23NO3S/c1-3-5-14(6-4-2)20-19(21)18-10-9-17(24-18)13-7-8-15-16(11-13)23-12-22-15/h7-11,14H,3-6,12H2,1-2H3,(H,20,21). The lowest BCUT2D eigenvalue weighted by Gasteiger charge is -2.16. The maximum Gasteiger partial charge on any atom is 0.261 e. The van der Waals surface area contributed by atoms with Gasteiger partial charge in [0.05, 0.1) is 4.88 Å². The van der Waals surface area contributed by atoms with Crippen molar-refractivity contribution in [2.24, 2.45) is 0 Å². The fourth-order valence-electron chi connectivity index (χ4n) is 2.91. The quantitative estimate of drug-likeness (QED) is 0.781. The average Bonchev–Trinajstić information content (AvgIpc) is 3.24. The van der Waals surface area contributed by atoms with Gasteiger partial charge in [0.1, 0.15) is 0 Å². The molecule has 0 atom stereocenters. The molecule has 0 aliphatic carbocycles. The summed E-state index contributed by atoms with van der Waals surface area (Å²) in [5, 5.41) is 3.17. The highest BCUT2D eigenvalue weighted by Gasteiger charge is 2.17. The van der Waals surface area contributed by atoms with E-state index >= 15 is 0 Å². The molecular formula is C19H23NO3S. The Morgan fingerprint density at radius 1 is 1.12 bits per heavy atom. The smallest absolute Gasteiger partial charge is 0.261 e. The van der Waals surface area contributed by atoms with Gasteiger partial charge in [-0.1, -0.05) is 26.7 Å². The molecule has 2 aromatic rings. The number of rotatable bonds is 7. The van der Waals surface area contributed by atoms with Gasteiger partial charge in [-0.15, -0.1) is 11.3 Å². The van der Waals surface area contributed by atoms with Crippen LogP contribution in [0.3, 0.4) is 0 Å². The average molecular weight is 345 g/mol. The number of benzene rings is 1. The van der Waals surface area contributed by atoms with Crippen molar-refractivity contribution in [2.45, 2.75) is 45.6 Å². The summed E-state index contributed by atoms with van der Waals surface area (Å²) in [6.07, 6.45) is 4.22. The Hall–Kier alpha value is -2.01. The molecule has 3 rings (SSSR count). The zero-order chi connectivity index (χ0) is 16.9. The largest absolute Gasteiger partial charge is 0.454 e. The van der Waals surface area contributed by atoms with E-state index in [1.807, 2.05) is 30.3 Å². The Labute approximate surface area is 146 Å². The van der Waals surface area contributed by atoms with Crippen molar-refractivity contribution in [1.29, 1.82) is 0 Å². The molecule has 0 unspecified atom stereocenters. The van der Waals surface area contributed by atoms with Crippen molar-refractivity contribution in [1.82, 2.24) is 5.32 Å². The number of carbonyl (C=O) groups is 1. The van der Waals surface area contributed by atoms with Gasteiger partial charge in [-0.2, -0.15) is 0 Å². The van der Waals surface area contributed by atoms with Crippen LogP contribution in [0.5, 0.6) is 11.5 Å². The molecule has 1 aliphatic heterocycles. The minimum absolute atomic E-state index is 0.0268. The van der Waals surface area contributed by atoms with Crippen molar-refractivity contribution >= 4 is 17.2 Å². The second-order valence-corrected chi connectivity index (χ2v) is 7.06. The molecule has 1 N–H and O–H groups in total. The molecule has 0 bridgehead atoms. The number of hydrogen-bond donors (Lipinski definition) is 1.